The number of hydrogen-bond acceptors (Lipinski definition) is 5. The van der Waals surface area contributed by atoms with Crippen molar-refractivity contribution in [1.82, 2.24) is 15.5 Å². The summed E-state index contributed by atoms with van der Waals surface area (Å²) in [6.07, 6.45) is 2.77. The van der Waals surface area contributed by atoms with E-state index >= 15 is 0 Å². The molecule has 0 saturated carbocycles. The highest BCUT2D eigenvalue weighted by molar-refractivity contribution is 5.94. The lowest BCUT2D eigenvalue weighted by atomic mass is 10.0. The molecule has 0 aromatic heterocycles. The standard InChI is InChI=1S/C24H37N5O4/c1-15(2)11-12-18(25)22(31)28-19(14-17-8-5-4-6-9-17)23(32)27-16(3)24(33)29-13-7-10-20(29)21(26)30/h4-6,8-9,15-16,18-20H,7,10-14,25H2,1-3H3,(H2,26,30)(H,27,32)(H,28,31)/t16-,18-,19-,20-/m0/s1. The molecule has 0 unspecified atom stereocenters. The number of carbonyl (C=O) groups is 4. The number of benzene rings is 1. The second-order valence-corrected chi connectivity index (χ2v) is 9.15. The third-order valence-electron chi connectivity index (χ3n) is 5.90. The number of rotatable bonds is 11. The Balaban J connectivity index is 2.08. The van der Waals surface area contributed by atoms with E-state index < -0.39 is 41.9 Å². The summed E-state index contributed by atoms with van der Waals surface area (Å²) < 4.78 is 0. The zero-order chi connectivity index (χ0) is 24.5. The minimum Gasteiger partial charge on any atom is -0.368 e. The zero-order valence-corrected chi connectivity index (χ0v) is 19.8. The molecule has 1 saturated heterocycles. The van der Waals surface area contributed by atoms with Crippen molar-refractivity contribution in [3.8, 4) is 0 Å². The van der Waals surface area contributed by atoms with E-state index in [1.54, 1.807) is 6.92 Å². The molecule has 1 fully saturated rings. The molecule has 0 radical (unpaired) electrons. The maximum atomic E-state index is 13.1. The predicted octanol–water partition coefficient (Wildman–Crippen LogP) is 0.458. The van der Waals surface area contributed by atoms with Crippen LogP contribution < -0.4 is 22.1 Å². The quantitative estimate of drug-likeness (QED) is 0.379. The summed E-state index contributed by atoms with van der Waals surface area (Å²) in [6, 6.07) is 6.14. The summed E-state index contributed by atoms with van der Waals surface area (Å²) in [4.78, 5) is 51.7. The third kappa shape index (κ3) is 7.85. The lowest BCUT2D eigenvalue weighted by Crippen LogP contribution is -2.57. The summed E-state index contributed by atoms with van der Waals surface area (Å²) in [7, 11) is 0. The molecular formula is C24H37N5O4. The van der Waals surface area contributed by atoms with Crippen LogP contribution in [-0.4, -0.2) is 59.2 Å². The van der Waals surface area contributed by atoms with Crippen LogP contribution in [-0.2, 0) is 25.6 Å². The largest absolute Gasteiger partial charge is 0.368 e. The van der Waals surface area contributed by atoms with E-state index in [4.69, 9.17) is 11.5 Å². The van der Waals surface area contributed by atoms with Gasteiger partial charge in [0.25, 0.3) is 0 Å². The lowest BCUT2D eigenvalue weighted by molar-refractivity contribution is -0.140. The van der Waals surface area contributed by atoms with Gasteiger partial charge in [0, 0.05) is 13.0 Å². The van der Waals surface area contributed by atoms with Gasteiger partial charge in [0.1, 0.15) is 18.1 Å². The molecule has 1 aromatic carbocycles. The van der Waals surface area contributed by atoms with Crippen molar-refractivity contribution in [2.45, 2.75) is 77.0 Å². The van der Waals surface area contributed by atoms with E-state index in [0.717, 1.165) is 12.0 Å². The van der Waals surface area contributed by atoms with Crippen LogP contribution in [0.3, 0.4) is 0 Å². The number of nitrogens with two attached hydrogens (primary N) is 2. The molecule has 33 heavy (non-hydrogen) atoms. The molecule has 1 aromatic rings. The highest BCUT2D eigenvalue weighted by atomic mass is 16.2. The molecule has 4 atom stereocenters. The van der Waals surface area contributed by atoms with Crippen molar-refractivity contribution in [2.24, 2.45) is 17.4 Å². The Hall–Kier alpha value is -2.94. The first-order valence-electron chi connectivity index (χ1n) is 11.6. The average Bonchev–Trinajstić information content (AvgIpc) is 3.27. The van der Waals surface area contributed by atoms with Gasteiger partial charge in [-0.3, -0.25) is 19.2 Å². The van der Waals surface area contributed by atoms with Crippen LogP contribution in [0.25, 0.3) is 0 Å². The van der Waals surface area contributed by atoms with E-state index in [9.17, 15) is 19.2 Å². The molecule has 0 spiro atoms. The maximum absolute atomic E-state index is 13.1. The van der Waals surface area contributed by atoms with Gasteiger partial charge in [-0.15, -0.1) is 0 Å². The first-order valence-corrected chi connectivity index (χ1v) is 11.6. The van der Waals surface area contributed by atoms with Crippen LogP contribution in [0.15, 0.2) is 30.3 Å². The maximum Gasteiger partial charge on any atom is 0.245 e. The number of primary amides is 1. The second-order valence-electron chi connectivity index (χ2n) is 9.15. The number of carbonyl (C=O) groups excluding carboxylic acids is 4. The number of amides is 4. The van der Waals surface area contributed by atoms with Gasteiger partial charge in [-0.1, -0.05) is 44.2 Å². The fourth-order valence-electron chi connectivity index (χ4n) is 3.93. The minimum atomic E-state index is -0.897. The Morgan fingerprint density at radius 2 is 1.70 bits per heavy atom. The van der Waals surface area contributed by atoms with Crippen LogP contribution in [0.5, 0.6) is 0 Å². The Bertz CT molecular complexity index is 829. The average molecular weight is 460 g/mol. The van der Waals surface area contributed by atoms with E-state index in [-0.39, 0.29) is 12.3 Å². The SMILES string of the molecule is CC(C)CC[C@H](N)C(=O)N[C@@H](Cc1ccccc1)C(=O)N[C@@H](C)C(=O)N1CCC[C@H]1C(N)=O. The molecule has 4 amide bonds. The van der Waals surface area contributed by atoms with Gasteiger partial charge in [-0.2, -0.15) is 0 Å². The topological polar surface area (TPSA) is 148 Å². The second kappa shape index (κ2) is 12.3. The molecule has 1 aliphatic rings. The van der Waals surface area contributed by atoms with Crippen molar-refractivity contribution in [3.05, 3.63) is 35.9 Å². The Morgan fingerprint density at radius 1 is 1.03 bits per heavy atom. The van der Waals surface area contributed by atoms with E-state index in [1.807, 2.05) is 30.3 Å². The van der Waals surface area contributed by atoms with Crippen LogP contribution >= 0.6 is 0 Å². The first kappa shape index (κ1) is 26.3. The van der Waals surface area contributed by atoms with E-state index in [0.29, 0.717) is 31.7 Å². The molecule has 2 rings (SSSR count). The Labute approximate surface area is 195 Å². The molecule has 0 bridgehead atoms. The van der Waals surface area contributed by atoms with Crippen molar-refractivity contribution in [2.75, 3.05) is 6.54 Å². The number of hydrogen-bond donors (Lipinski definition) is 4. The van der Waals surface area contributed by atoms with Crippen LogP contribution in [0.2, 0.25) is 0 Å². The van der Waals surface area contributed by atoms with Crippen LogP contribution in [0, 0.1) is 5.92 Å². The van der Waals surface area contributed by atoms with Crippen LogP contribution in [0.1, 0.15) is 52.0 Å². The molecular weight excluding hydrogens is 422 g/mol. The monoisotopic (exact) mass is 459 g/mol. The summed E-state index contributed by atoms with van der Waals surface area (Å²) in [5, 5.41) is 5.45. The van der Waals surface area contributed by atoms with Crippen LogP contribution in [0.4, 0.5) is 0 Å². The number of likely N-dealkylation sites (tertiary alicyclic amines) is 1. The lowest BCUT2D eigenvalue weighted by Gasteiger charge is -2.27. The third-order valence-corrected chi connectivity index (χ3v) is 5.90. The highest BCUT2D eigenvalue weighted by Crippen LogP contribution is 2.18. The van der Waals surface area contributed by atoms with E-state index in [1.165, 1.54) is 4.90 Å². The summed E-state index contributed by atoms with van der Waals surface area (Å²) in [5.74, 6) is -1.40. The summed E-state index contributed by atoms with van der Waals surface area (Å²) in [6.45, 7) is 6.09. The van der Waals surface area contributed by atoms with Crippen molar-refractivity contribution in [1.29, 1.82) is 0 Å². The fraction of sp³-hybridized carbons (Fsp3) is 0.583. The van der Waals surface area contributed by atoms with Gasteiger partial charge in [-0.05, 0) is 44.1 Å². The predicted molar refractivity (Wildman–Crippen MR) is 126 cm³/mol. The van der Waals surface area contributed by atoms with Gasteiger partial charge in [-0.25, -0.2) is 0 Å². The smallest absolute Gasteiger partial charge is 0.245 e. The fourth-order valence-corrected chi connectivity index (χ4v) is 3.93. The molecule has 1 aliphatic heterocycles. The van der Waals surface area contributed by atoms with Gasteiger partial charge >= 0.3 is 0 Å². The normalized spacial score (nSPS) is 18.5. The van der Waals surface area contributed by atoms with Crippen molar-refractivity contribution in [3.63, 3.8) is 0 Å². The molecule has 1 heterocycles. The molecule has 6 N–H and O–H groups in total. The highest BCUT2D eigenvalue weighted by Gasteiger charge is 2.36. The summed E-state index contributed by atoms with van der Waals surface area (Å²) >= 11 is 0. The molecule has 9 heteroatoms. The van der Waals surface area contributed by atoms with Gasteiger partial charge in [0.15, 0.2) is 0 Å². The Kier molecular flexibility index (Phi) is 9.84. The van der Waals surface area contributed by atoms with Gasteiger partial charge in [0.05, 0.1) is 6.04 Å². The Morgan fingerprint density at radius 3 is 2.30 bits per heavy atom. The zero-order valence-electron chi connectivity index (χ0n) is 19.8. The summed E-state index contributed by atoms with van der Waals surface area (Å²) in [5.41, 5.74) is 12.3. The van der Waals surface area contributed by atoms with Crippen molar-refractivity contribution >= 4 is 23.6 Å². The number of nitrogens with one attached hydrogen (secondary N) is 2. The van der Waals surface area contributed by atoms with E-state index in [2.05, 4.69) is 24.5 Å². The molecule has 182 valence electrons. The number of nitrogens with zero attached hydrogens (tertiary/aromatic N) is 1. The molecule has 9 nitrogen and oxygen atoms in total. The van der Waals surface area contributed by atoms with Crippen molar-refractivity contribution < 1.29 is 19.2 Å². The van der Waals surface area contributed by atoms with Gasteiger partial charge < -0.3 is 27.0 Å². The first-order chi connectivity index (χ1) is 15.6. The molecule has 0 aliphatic carbocycles. The van der Waals surface area contributed by atoms with Gasteiger partial charge in [0.2, 0.25) is 23.6 Å². The minimum absolute atomic E-state index is 0.254.